The maximum Gasteiger partial charge on any atom is 0.289 e. The molecule has 5 rings (SSSR count). The summed E-state index contributed by atoms with van der Waals surface area (Å²) >= 11 is 0. The second-order valence-electron chi connectivity index (χ2n) is 9.52. The number of carbonyl (C=O) groups is 1. The highest BCUT2D eigenvalue weighted by Crippen LogP contribution is 2.40. The second-order valence-corrected chi connectivity index (χ2v) is 9.52. The van der Waals surface area contributed by atoms with E-state index in [-0.39, 0.29) is 24.2 Å². The summed E-state index contributed by atoms with van der Waals surface area (Å²) in [5, 5.41) is 9.61. The van der Waals surface area contributed by atoms with Crippen LogP contribution in [0.4, 0.5) is 0 Å². The standard InChI is InChI=1S/C25H34N2O4/c28-21-11-13-26(17-21)15-16-30-22-9-5-20(6-10-22)27-14-12-24(25(27)29)31-23-7-3-19(4-8-23)18-1-2-18/h3-4,7-8,12,18,20-22,28H,1-2,5-6,9-11,13-17H2/t20?,21-,22?/m1/s1. The number of ether oxygens (including phenoxy) is 2. The average molecular weight is 427 g/mol. The van der Waals surface area contributed by atoms with Crippen LogP contribution in [0.2, 0.25) is 0 Å². The van der Waals surface area contributed by atoms with Crippen molar-refractivity contribution in [1.29, 1.82) is 0 Å². The predicted octanol–water partition coefficient (Wildman–Crippen LogP) is 3.06. The van der Waals surface area contributed by atoms with Gasteiger partial charge in [-0.3, -0.25) is 9.69 Å². The molecule has 4 aliphatic rings. The van der Waals surface area contributed by atoms with Crippen molar-refractivity contribution in [3.63, 3.8) is 0 Å². The molecule has 1 N–H and O–H groups in total. The van der Waals surface area contributed by atoms with E-state index in [1.165, 1.54) is 18.4 Å². The summed E-state index contributed by atoms with van der Waals surface area (Å²) in [7, 11) is 0. The van der Waals surface area contributed by atoms with E-state index < -0.39 is 0 Å². The first-order valence-electron chi connectivity index (χ1n) is 12.0. The molecule has 0 spiro atoms. The van der Waals surface area contributed by atoms with Gasteiger partial charge in [-0.25, -0.2) is 0 Å². The number of rotatable bonds is 8. The largest absolute Gasteiger partial charge is 0.452 e. The number of aliphatic hydroxyl groups is 1. The molecule has 1 amide bonds. The second kappa shape index (κ2) is 9.31. The van der Waals surface area contributed by atoms with Crippen LogP contribution in [0, 0.1) is 0 Å². The Kier molecular flexibility index (Phi) is 6.30. The Labute approximate surface area is 184 Å². The average Bonchev–Trinajstić information content (AvgIpc) is 3.46. The molecule has 0 bridgehead atoms. The van der Waals surface area contributed by atoms with Gasteiger partial charge in [0.05, 0.1) is 18.8 Å². The zero-order valence-electron chi connectivity index (χ0n) is 18.2. The van der Waals surface area contributed by atoms with Crippen LogP contribution >= 0.6 is 0 Å². The third-order valence-corrected chi connectivity index (χ3v) is 7.19. The number of hydrogen-bond donors (Lipinski definition) is 1. The monoisotopic (exact) mass is 426 g/mol. The van der Waals surface area contributed by atoms with Crippen LogP contribution in [0.15, 0.2) is 36.1 Å². The Balaban J connectivity index is 1.04. The lowest BCUT2D eigenvalue weighted by atomic mass is 9.92. The molecule has 6 nitrogen and oxygen atoms in total. The van der Waals surface area contributed by atoms with Crippen LogP contribution in [-0.4, -0.2) is 71.8 Å². The number of likely N-dealkylation sites (tertiary alicyclic amines) is 1. The fourth-order valence-electron chi connectivity index (χ4n) is 5.13. The van der Waals surface area contributed by atoms with E-state index in [2.05, 4.69) is 17.0 Å². The van der Waals surface area contributed by atoms with Crippen LogP contribution in [0.1, 0.15) is 56.4 Å². The van der Waals surface area contributed by atoms with Crippen LogP contribution < -0.4 is 4.74 Å². The van der Waals surface area contributed by atoms with Gasteiger partial charge in [-0.05, 0) is 74.6 Å². The summed E-state index contributed by atoms with van der Waals surface area (Å²) < 4.78 is 12.0. The van der Waals surface area contributed by atoms with E-state index in [0.29, 0.717) is 12.3 Å². The van der Waals surface area contributed by atoms with Crippen molar-refractivity contribution >= 4 is 5.91 Å². The molecule has 1 saturated heterocycles. The number of β-amino-alcohol motifs (C(OH)–C–C–N with tert-alkyl or cyclic N) is 1. The fourth-order valence-corrected chi connectivity index (χ4v) is 5.13. The van der Waals surface area contributed by atoms with Gasteiger partial charge < -0.3 is 19.5 Å². The normalized spacial score (nSPS) is 29.5. The van der Waals surface area contributed by atoms with Crippen molar-refractivity contribution in [3.8, 4) is 5.75 Å². The van der Waals surface area contributed by atoms with Gasteiger partial charge in [0, 0.05) is 32.2 Å². The van der Waals surface area contributed by atoms with E-state index in [1.807, 2.05) is 23.1 Å². The molecule has 1 aromatic carbocycles. The predicted molar refractivity (Wildman–Crippen MR) is 118 cm³/mol. The summed E-state index contributed by atoms with van der Waals surface area (Å²) in [6.07, 6.45) is 9.44. The van der Waals surface area contributed by atoms with Gasteiger partial charge in [0.1, 0.15) is 5.75 Å². The molecule has 6 heteroatoms. The molecule has 0 unspecified atom stereocenters. The zero-order chi connectivity index (χ0) is 21.2. The van der Waals surface area contributed by atoms with Gasteiger partial charge in [-0.1, -0.05) is 12.1 Å². The Hall–Kier alpha value is -1.89. The minimum atomic E-state index is -0.169. The molecule has 2 aliphatic carbocycles. The Bertz CT molecular complexity index is 796. The number of hydrogen-bond acceptors (Lipinski definition) is 5. The highest BCUT2D eigenvalue weighted by atomic mass is 16.5. The maximum atomic E-state index is 12.9. The third-order valence-electron chi connectivity index (χ3n) is 7.19. The molecule has 31 heavy (non-hydrogen) atoms. The molecule has 2 saturated carbocycles. The smallest absolute Gasteiger partial charge is 0.289 e. The van der Waals surface area contributed by atoms with Gasteiger partial charge in [0.25, 0.3) is 5.91 Å². The Morgan fingerprint density at radius 3 is 2.45 bits per heavy atom. The highest BCUT2D eigenvalue weighted by Gasteiger charge is 2.34. The first-order valence-corrected chi connectivity index (χ1v) is 12.0. The quantitative estimate of drug-likeness (QED) is 0.692. The topological polar surface area (TPSA) is 62.2 Å². The van der Waals surface area contributed by atoms with Crippen molar-refractivity contribution in [1.82, 2.24) is 9.80 Å². The zero-order valence-corrected chi connectivity index (χ0v) is 18.2. The summed E-state index contributed by atoms with van der Waals surface area (Å²) in [6, 6.07) is 8.48. The summed E-state index contributed by atoms with van der Waals surface area (Å²) in [5.74, 6) is 1.95. The number of aliphatic hydroxyl groups excluding tert-OH is 1. The lowest BCUT2D eigenvalue weighted by Gasteiger charge is -2.34. The number of carbonyl (C=O) groups excluding carboxylic acids is 1. The number of amides is 1. The highest BCUT2D eigenvalue weighted by molar-refractivity contribution is 5.94. The van der Waals surface area contributed by atoms with Crippen LogP contribution in [0.25, 0.3) is 0 Å². The van der Waals surface area contributed by atoms with E-state index in [4.69, 9.17) is 9.47 Å². The van der Waals surface area contributed by atoms with E-state index in [9.17, 15) is 9.90 Å². The van der Waals surface area contributed by atoms with Crippen molar-refractivity contribution in [2.24, 2.45) is 0 Å². The molecule has 2 heterocycles. The fraction of sp³-hybridized carbons (Fsp3) is 0.640. The van der Waals surface area contributed by atoms with E-state index >= 15 is 0 Å². The van der Waals surface area contributed by atoms with E-state index in [1.54, 1.807) is 0 Å². The molecule has 0 radical (unpaired) electrons. The lowest BCUT2D eigenvalue weighted by Crippen LogP contribution is -2.41. The maximum absolute atomic E-state index is 12.9. The molecule has 168 valence electrons. The molecule has 1 atom stereocenters. The first-order chi connectivity index (χ1) is 15.2. The van der Waals surface area contributed by atoms with Crippen LogP contribution in [-0.2, 0) is 9.53 Å². The number of nitrogens with zero attached hydrogens (tertiary/aromatic N) is 2. The number of benzene rings is 1. The minimum absolute atomic E-state index is 0.0169. The van der Waals surface area contributed by atoms with Crippen molar-refractivity contribution in [3.05, 3.63) is 41.7 Å². The minimum Gasteiger partial charge on any atom is -0.452 e. The lowest BCUT2D eigenvalue weighted by molar-refractivity contribution is -0.130. The first kappa shape index (κ1) is 21.0. The van der Waals surface area contributed by atoms with Crippen LogP contribution in [0.5, 0.6) is 5.75 Å². The summed E-state index contributed by atoms with van der Waals surface area (Å²) in [5.41, 5.74) is 1.37. The summed E-state index contributed by atoms with van der Waals surface area (Å²) in [4.78, 5) is 17.1. The molecule has 0 aromatic heterocycles. The molecular weight excluding hydrogens is 392 g/mol. The Morgan fingerprint density at radius 2 is 1.77 bits per heavy atom. The van der Waals surface area contributed by atoms with Crippen molar-refractivity contribution in [2.75, 3.05) is 32.8 Å². The molecule has 1 aromatic rings. The SMILES string of the molecule is O=C1C(Oc2ccc(C3CC3)cc2)=CCN1C1CCC(OCCN2CC[C@@H](O)C2)CC1. The van der Waals surface area contributed by atoms with Gasteiger partial charge >= 0.3 is 0 Å². The molecule has 2 aliphatic heterocycles. The molecular formula is C25H34N2O4. The molecule has 3 fully saturated rings. The van der Waals surface area contributed by atoms with Gasteiger partial charge in [0.2, 0.25) is 0 Å². The van der Waals surface area contributed by atoms with Crippen LogP contribution in [0.3, 0.4) is 0 Å². The van der Waals surface area contributed by atoms with E-state index in [0.717, 1.165) is 70.0 Å². The Morgan fingerprint density at radius 1 is 1.00 bits per heavy atom. The summed E-state index contributed by atoms with van der Waals surface area (Å²) in [6.45, 7) is 4.01. The third kappa shape index (κ3) is 5.13. The van der Waals surface area contributed by atoms with Gasteiger partial charge in [-0.15, -0.1) is 0 Å². The van der Waals surface area contributed by atoms with Gasteiger partial charge in [-0.2, -0.15) is 0 Å². The van der Waals surface area contributed by atoms with Crippen molar-refractivity contribution < 1.29 is 19.4 Å². The van der Waals surface area contributed by atoms with Crippen molar-refractivity contribution in [2.45, 2.75) is 69.1 Å². The van der Waals surface area contributed by atoms with Gasteiger partial charge in [0.15, 0.2) is 5.76 Å².